The first kappa shape index (κ1) is 22.4. The van der Waals surface area contributed by atoms with E-state index in [0.717, 1.165) is 33.7 Å². The fourth-order valence-electron chi connectivity index (χ4n) is 3.60. The van der Waals surface area contributed by atoms with Crippen LogP contribution in [-0.4, -0.2) is 37.5 Å². The standard InChI is InChI=1S/C25H22ClN3O4/c1-31-18-7-4-16(24(12-18)32-2)13-27-23-14-28-29-22-10-15(5-8-20(22)23)21-11-17(26)6-9-19(21)25(30)33-3/h4-12,14H,13H2,1-3H3,(H,27,29). The van der Waals surface area contributed by atoms with Crippen LogP contribution in [0.25, 0.3) is 22.0 Å². The van der Waals surface area contributed by atoms with Crippen LogP contribution in [0.4, 0.5) is 5.69 Å². The van der Waals surface area contributed by atoms with Gasteiger partial charge in [-0.25, -0.2) is 4.79 Å². The summed E-state index contributed by atoms with van der Waals surface area (Å²) in [5.41, 5.74) is 4.35. The fraction of sp³-hybridized carbons (Fsp3) is 0.160. The van der Waals surface area contributed by atoms with Crippen molar-refractivity contribution in [3.63, 3.8) is 0 Å². The SMILES string of the molecule is COC(=O)c1ccc(Cl)cc1-c1ccc2c(NCc3ccc(OC)cc3OC)cnnc2c1. The highest BCUT2D eigenvalue weighted by molar-refractivity contribution is 6.31. The number of fused-ring (bicyclic) bond motifs is 1. The van der Waals surface area contributed by atoms with Gasteiger partial charge in [0.25, 0.3) is 0 Å². The number of methoxy groups -OCH3 is 3. The molecule has 7 nitrogen and oxygen atoms in total. The zero-order valence-electron chi connectivity index (χ0n) is 18.4. The van der Waals surface area contributed by atoms with Crippen molar-refractivity contribution in [3.8, 4) is 22.6 Å². The topological polar surface area (TPSA) is 82.6 Å². The monoisotopic (exact) mass is 463 g/mol. The van der Waals surface area contributed by atoms with Gasteiger partial charge >= 0.3 is 5.97 Å². The van der Waals surface area contributed by atoms with Gasteiger partial charge in [-0.2, -0.15) is 10.2 Å². The first-order valence-electron chi connectivity index (χ1n) is 10.1. The molecule has 0 saturated carbocycles. The molecule has 3 aromatic carbocycles. The van der Waals surface area contributed by atoms with Gasteiger partial charge in [0.15, 0.2) is 0 Å². The van der Waals surface area contributed by atoms with Gasteiger partial charge in [0.2, 0.25) is 0 Å². The van der Waals surface area contributed by atoms with Crippen LogP contribution in [0.2, 0.25) is 5.02 Å². The van der Waals surface area contributed by atoms with E-state index in [9.17, 15) is 4.79 Å². The van der Waals surface area contributed by atoms with Gasteiger partial charge in [-0.05, 0) is 53.6 Å². The average Bonchev–Trinajstić information content (AvgIpc) is 2.86. The molecule has 33 heavy (non-hydrogen) atoms. The Kier molecular flexibility index (Phi) is 6.60. The van der Waals surface area contributed by atoms with Gasteiger partial charge in [-0.1, -0.05) is 17.7 Å². The van der Waals surface area contributed by atoms with Crippen LogP contribution in [0.15, 0.2) is 60.8 Å². The summed E-state index contributed by atoms with van der Waals surface area (Å²) in [6, 6.07) is 16.5. The number of carbonyl (C=O) groups excluding carboxylic acids is 1. The number of rotatable bonds is 7. The van der Waals surface area contributed by atoms with Crippen LogP contribution in [0, 0.1) is 0 Å². The Hall–Kier alpha value is -3.84. The Morgan fingerprint density at radius 3 is 2.61 bits per heavy atom. The highest BCUT2D eigenvalue weighted by atomic mass is 35.5. The highest BCUT2D eigenvalue weighted by Crippen LogP contribution is 2.32. The molecule has 8 heteroatoms. The van der Waals surface area contributed by atoms with E-state index in [1.54, 1.807) is 38.6 Å². The molecule has 0 aliphatic heterocycles. The number of carbonyl (C=O) groups is 1. The molecule has 0 aliphatic rings. The zero-order chi connectivity index (χ0) is 23.4. The van der Waals surface area contributed by atoms with Crippen molar-refractivity contribution >= 4 is 34.2 Å². The molecule has 1 aromatic heterocycles. The van der Waals surface area contributed by atoms with E-state index in [-0.39, 0.29) is 0 Å². The third kappa shape index (κ3) is 4.68. The van der Waals surface area contributed by atoms with Gasteiger partial charge in [0, 0.05) is 28.6 Å². The molecule has 0 atom stereocenters. The maximum absolute atomic E-state index is 12.2. The quantitative estimate of drug-likeness (QED) is 0.369. The predicted octanol–water partition coefficient (Wildman–Crippen LogP) is 5.37. The Morgan fingerprint density at radius 2 is 1.85 bits per heavy atom. The van der Waals surface area contributed by atoms with Gasteiger partial charge < -0.3 is 19.5 Å². The second-order valence-corrected chi connectivity index (χ2v) is 7.64. The third-order valence-corrected chi connectivity index (χ3v) is 5.54. The molecule has 0 aliphatic carbocycles. The van der Waals surface area contributed by atoms with E-state index < -0.39 is 5.97 Å². The Morgan fingerprint density at radius 1 is 1.00 bits per heavy atom. The minimum Gasteiger partial charge on any atom is -0.497 e. The average molecular weight is 464 g/mol. The summed E-state index contributed by atoms with van der Waals surface area (Å²) in [7, 11) is 4.59. The van der Waals surface area contributed by atoms with E-state index in [0.29, 0.717) is 28.2 Å². The van der Waals surface area contributed by atoms with Crippen LogP contribution in [0.5, 0.6) is 11.5 Å². The summed E-state index contributed by atoms with van der Waals surface area (Å²) >= 11 is 6.19. The molecule has 1 heterocycles. The number of aromatic nitrogens is 2. The lowest BCUT2D eigenvalue weighted by atomic mass is 9.98. The van der Waals surface area contributed by atoms with Gasteiger partial charge in [0.05, 0.1) is 44.3 Å². The lowest BCUT2D eigenvalue weighted by molar-refractivity contribution is 0.0601. The first-order chi connectivity index (χ1) is 16.0. The summed E-state index contributed by atoms with van der Waals surface area (Å²) in [5, 5.41) is 13.2. The van der Waals surface area contributed by atoms with Crippen molar-refractivity contribution in [1.29, 1.82) is 0 Å². The van der Waals surface area contributed by atoms with Crippen LogP contribution < -0.4 is 14.8 Å². The summed E-state index contributed by atoms with van der Waals surface area (Å²) in [6.45, 7) is 0.524. The van der Waals surface area contributed by atoms with E-state index in [1.165, 1.54) is 7.11 Å². The van der Waals surface area contributed by atoms with Crippen molar-refractivity contribution in [2.45, 2.75) is 6.54 Å². The number of halogens is 1. The number of hydrogen-bond donors (Lipinski definition) is 1. The molecule has 0 saturated heterocycles. The zero-order valence-corrected chi connectivity index (χ0v) is 19.1. The van der Waals surface area contributed by atoms with Crippen molar-refractivity contribution in [1.82, 2.24) is 10.2 Å². The van der Waals surface area contributed by atoms with E-state index in [2.05, 4.69) is 15.5 Å². The van der Waals surface area contributed by atoms with Crippen molar-refractivity contribution in [2.75, 3.05) is 26.6 Å². The summed E-state index contributed by atoms with van der Waals surface area (Å²) in [6.07, 6.45) is 1.68. The minimum absolute atomic E-state index is 0.426. The van der Waals surface area contributed by atoms with E-state index in [1.807, 2.05) is 36.4 Å². The molecular formula is C25H22ClN3O4. The fourth-order valence-corrected chi connectivity index (χ4v) is 3.77. The normalized spacial score (nSPS) is 10.7. The first-order valence-corrected chi connectivity index (χ1v) is 10.5. The van der Waals surface area contributed by atoms with E-state index in [4.69, 9.17) is 25.8 Å². The lowest BCUT2D eigenvalue weighted by Gasteiger charge is -2.14. The molecule has 0 bridgehead atoms. The highest BCUT2D eigenvalue weighted by Gasteiger charge is 2.15. The molecule has 4 rings (SSSR count). The largest absolute Gasteiger partial charge is 0.497 e. The Balaban J connectivity index is 1.67. The van der Waals surface area contributed by atoms with Crippen LogP contribution in [0.1, 0.15) is 15.9 Å². The second-order valence-electron chi connectivity index (χ2n) is 7.20. The van der Waals surface area contributed by atoms with Gasteiger partial charge in [0.1, 0.15) is 11.5 Å². The smallest absolute Gasteiger partial charge is 0.338 e. The number of nitrogens with zero attached hydrogens (tertiary/aromatic N) is 2. The number of anilines is 1. The molecule has 168 valence electrons. The summed E-state index contributed by atoms with van der Waals surface area (Å²) in [5.74, 6) is 1.02. The second kappa shape index (κ2) is 9.75. The molecule has 1 N–H and O–H groups in total. The molecule has 0 unspecified atom stereocenters. The molecule has 0 spiro atoms. The van der Waals surface area contributed by atoms with Crippen molar-refractivity contribution in [2.24, 2.45) is 0 Å². The van der Waals surface area contributed by atoms with E-state index >= 15 is 0 Å². The van der Waals surface area contributed by atoms with Crippen molar-refractivity contribution < 1.29 is 19.0 Å². The molecule has 0 amide bonds. The molecule has 4 aromatic rings. The third-order valence-electron chi connectivity index (χ3n) is 5.30. The van der Waals surface area contributed by atoms with Crippen LogP contribution in [0.3, 0.4) is 0 Å². The number of hydrogen-bond acceptors (Lipinski definition) is 7. The Bertz CT molecular complexity index is 1330. The molecular weight excluding hydrogens is 442 g/mol. The Labute approximate surface area is 196 Å². The molecule has 0 radical (unpaired) electrons. The van der Waals surface area contributed by atoms with Crippen molar-refractivity contribution in [3.05, 3.63) is 76.9 Å². The predicted molar refractivity (Wildman–Crippen MR) is 128 cm³/mol. The maximum atomic E-state index is 12.2. The minimum atomic E-state index is -0.434. The lowest BCUT2D eigenvalue weighted by Crippen LogP contribution is -2.04. The number of benzene rings is 3. The summed E-state index contributed by atoms with van der Waals surface area (Å²) < 4.78 is 15.7. The van der Waals surface area contributed by atoms with Gasteiger partial charge in [-0.3, -0.25) is 0 Å². The molecule has 0 fully saturated rings. The maximum Gasteiger partial charge on any atom is 0.338 e. The number of ether oxygens (including phenoxy) is 3. The van der Waals surface area contributed by atoms with Crippen LogP contribution >= 0.6 is 11.6 Å². The summed E-state index contributed by atoms with van der Waals surface area (Å²) in [4.78, 5) is 12.2. The van der Waals surface area contributed by atoms with Gasteiger partial charge in [-0.15, -0.1) is 0 Å². The number of esters is 1. The number of nitrogens with one attached hydrogen (secondary N) is 1. The van der Waals surface area contributed by atoms with Crippen LogP contribution in [-0.2, 0) is 11.3 Å².